The molecule has 0 spiro atoms. The number of benzene rings is 2. The fourth-order valence-electron chi connectivity index (χ4n) is 1.70. The summed E-state index contributed by atoms with van der Waals surface area (Å²) in [5.41, 5.74) is 2.38. The minimum absolute atomic E-state index is 0.270. The first-order valence-electron chi connectivity index (χ1n) is 5.52. The van der Waals surface area contributed by atoms with Gasteiger partial charge in [-0.1, -0.05) is 36.4 Å². The molecule has 2 aromatic carbocycles. The molecule has 0 saturated carbocycles. The Labute approximate surface area is 111 Å². The van der Waals surface area contributed by atoms with Crippen LogP contribution in [0.2, 0.25) is 5.02 Å². The van der Waals surface area contributed by atoms with E-state index in [0.29, 0.717) is 5.02 Å². The molecular weight excluding hydrogens is 249 g/mol. The van der Waals surface area contributed by atoms with Crippen molar-refractivity contribution >= 4 is 23.0 Å². The van der Waals surface area contributed by atoms with Crippen LogP contribution >= 0.6 is 11.6 Å². The number of hydrogen-bond acceptors (Lipinski definition) is 1. The number of anilines is 1. The number of nitrogens with zero attached hydrogens (tertiary/aromatic N) is 1. The van der Waals surface area contributed by atoms with Crippen LogP contribution in [-0.4, -0.2) is 7.05 Å². The Kier molecular flexibility index (Phi) is 3.68. The fourth-order valence-corrected chi connectivity index (χ4v) is 1.89. The number of hydrogen-bond donors (Lipinski definition) is 0. The van der Waals surface area contributed by atoms with E-state index in [1.165, 1.54) is 12.1 Å². The monoisotopic (exact) mass is 261 g/mol. The Morgan fingerprint density at radius 1 is 1.17 bits per heavy atom. The van der Waals surface area contributed by atoms with Gasteiger partial charge in [-0.25, -0.2) is 4.39 Å². The summed E-state index contributed by atoms with van der Waals surface area (Å²) < 4.78 is 13.2. The van der Waals surface area contributed by atoms with Crippen LogP contribution in [0.3, 0.4) is 0 Å². The van der Waals surface area contributed by atoms with E-state index < -0.39 is 0 Å². The maximum Gasteiger partial charge on any atom is 0.123 e. The van der Waals surface area contributed by atoms with Crippen LogP contribution in [0.15, 0.2) is 55.1 Å². The van der Waals surface area contributed by atoms with Crippen LogP contribution in [0.4, 0.5) is 10.1 Å². The van der Waals surface area contributed by atoms with Crippen molar-refractivity contribution in [2.45, 2.75) is 0 Å². The lowest BCUT2D eigenvalue weighted by Gasteiger charge is -2.22. The zero-order valence-corrected chi connectivity index (χ0v) is 10.8. The van der Waals surface area contributed by atoms with Gasteiger partial charge >= 0.3 is 0 Å². The van der Waals surface area contributed by atoms with Gasteiger partial charge < -0.3 is 4.90 Å². The zero-order chi connectivity index (χ0) is 13.1. The molecule has 0 atom stereocenters. The van der Waals surface area contributed by atoms with E-state index in [2.05, 4.69) is 6.58 Å². The molecule has 3 heteroatoms. The second kappa shape index (κ2) is 5.23. The molecule has 0 N–H and O–H groups in total. The molecule has 0 heterocycles. The van der Waals surface area contributed by atoms with Gasteiger partial charge in [0.25, 0.3) is 0 Å². The average Bonchev–Trinajstić information content (AvgIpc) is 2.37. The summed E-state index contributed by atoms with van der Waals surface area (Å²) in [4.78, 5) is 1.88. The molecule has 0 fully saturated rings. The third-order valence-electron chi connectivity index (χ3n) is 2.76. The zero-order valence-electron chi connectivity index (χ0n) is 10.0. The summed E-state index contributed by atoms with van der Waals surface area (Å²) in [7, 11) is 1.87. The van der Waals surface area contributed by atoms with E-state index in [1.807, 2.05) is 42.3 Å². The first-order valence-corrected chi connectivity index (χ1v) is 5.90. The van der Waals surface area contributed by atoms with E-state index in [-0.39, 0.29) is 5.82 Å². The predicted octanol–water partition coefficient (Wildman–Crippen LogP) is 4.59. The van der Waals surface area contributed by atoms with Crippen molar-refractivity contribution in [1.29, 1.82) is 0 Å². The highest BCUT2D eigenvalue weighted by Gasteiger charge is 2.08. The summed E-state index contributed by atoms with van der Waals surface area (Å²) >= 11 is 5.95. The lowest BCUT2D eigenvalue weighted by atomic mass is 10.1. The largest absolute Gasteiger partial charge is 0.345 e. The van der Waals surface area contributed by atoms with Gasteiger partial charge in [0, 0.05) is 29.0 Å². The SMILES string of the molecule is C=C(c1cccc(F)c1)N(C)c1cccc(Cl)c1. The van der Waals surface area contributed by atoms with Crippen LogP contribution in [0, 0.1) is 5.82 Å². The second-order valence-electron chi connectivity index (χ2n) is 4.00. The van der Waals surface area contributed by atoms with Crippen LogP contribution in [0.1, 0.15) is 5.56 Å². The topological polar surface area (TPSA) is 3.24 Å². The molecule has 92 valence electrons. The van der Waals surface area contributed by atoms with Gasteiger partial charge in [-0.15, -0.1) is 0 Å². The molecule has 0 aromatic heterocycles. The highest BCUT2D eigenvalue weighted by atomic mass is 35.5. The number of rotatable bonds is 3. The molecule has 0 unspecified atom stereocenters. The molecule has 0 aliphatic carbocycles. The lowest BCUT2D eigenvalue weighted by Crippen LogP contribution is -2.14. The van der Waals surface area contributed by atoms with Gasteiger partial charge in [-0.2, -0.15) is 0 Å². The Morgan fingerprint density at radius 3 is 2.56 bits per heavy atom. The summed E-state index contributed by atoms with van der Waals surface area (Å²) in [6, 6.07) is 13.8. The smallest absolute Gasteiger partial charge is 0.123 e. The maximum absolute atomic E-state index is 13.2. The quantitative estimate of drug-likeness (QED) is 0.781. The van der Waals surface area contributed by atoms with Crippen LogP contribution < -0.4 is 4.90 Å². The highest BCUT2D eigenvalue weighted by Crippen LogP contribution is 2.25. The average molecular weight is 262 g/mol. The Morgan fingerprint density at radius 2 is 1.89 bits per heavy atom. The van der Waals surface area contributed by atoms with Crippen molar-refractivity contribution in [2.24, 2.45) is 0 Å². The van der Waals surface area contributed by atoms with E-state index in [9.17, 15) is 4.39 Å². The van der Waals surface area contributed by atoms with E-state index in [1.54, 1.807) is 6.07 Å². The minimum Gasteiger partial charge on any atom is -0.345 e. The Balaban J connectivity index is 2.29. The molecule has 1 nitrogen and oxygen atoms in total. The molecule has 2 rings (SSSR count). The van der Waals surface area contributed by atoms with E-state index in [0.717, 1.165) is 16.9 Å². The van der Waals surface area contributed by atoms with Gasteiger partial charge in [-0.05, 0) is 30.3 Å². The maximum atomic E-state index is 13.2. The standard InChI is InChI=1S/C15H13ClFN/c1-11(12-5-3-7-14(17)9-12)18(2)15-8-4-6-13(16)10-15/h3-10H,1H2,2H3. The highest BCUT2D eigenvalue weighted by molar-refractivity contribution is 6.30. The van der Waals surface area contributed by atoms with Crippen LogP contribution in [0.5, 0.6) is 0 Å². The van der Waals surface area contributed by atoms with Crippen LogP contribution in [-0.2, 0) is 0 Å². The molecule has 0 saturated heterocycles. The summed E-state index contributed by atoms with van der Waals surface area (Å²) in [6.45, 7) is 3.99. The van der Waals surface area contributed by atoms with Gasteiger partial charge in [-0.3, -0.25) is 0 Å². The van der Waals surface area contributed by atoms with E-state index >= 15 is 0 Å². The predicted molar refractivity (Wildman–Crippen MR) is 75.3 cm³/mol. The van der Waals surface area contributed by atoms with Gasteiger partial charge in [0.2, 0.25) is 0 Å². The third kappa shape index (κ3) is 2.71. The van der Waals surface area contributed by atoms with Crippen LogP contribution in [0.25, 0.3) is 5.70 Å². The minimum atomic E-state index is -0.270. The molecule has 18 heavy (non-hydrogen) atoms. The van der Waals surface area contributed by atoms with Gasteiger partial charge in [0.1, 0.15) is 5.82 Å². The molecule has 0 amide bonds. The summed E-state index contributed by atoms with van der Waals surface area (Å²) in [5, 5.41) is 0.659. The fraction of sp³-hybridized carbons (Fsp3) is 0.0667. The summed E-state index contributed by atoms with van der Waals surface area (Å²) in [5.74, 6) is -0.270. The van der Waals surface area contributed by atoms with Crippen molar-refractivity contribution in [3.63, 3.8) is 0 Å². The second-order valence-corrected chi connectivity index (χ2v) is 4.43. The Bertz CT molecular complexity index is 580. The molecule has 0 aliphatic rings. The number of halogens is 2. The molecule has 0 bridgehead atoms. The molecule has 2 aromatic rings. The van der Waals surface area contributed by atoms with Crippen molar-refractivity contribution in [1.82, 2.24) is 0 Å². The van der Waals surface area contributed by atoms with E-state index in [4.69, 9.17) is 11.6 Å². The molecule has 0 radical (unpaired) electrons. The van der Waals surface area contributed by atoms with Gasteiger partial charge in [0.15, 0.2) is 0 Å². The van der Waals surface area contributed by atoms with Crippen molar-refractivity contribution < 1.29 is 4.39 Å². The van der Waals surface area contributed by atoms with Crippen molar-refractivity contribution in [2.75, 3.05) is 11.9 Å². The molecular formula is C15H13ClFN. The molecule has 0 aliphatic heterocycles. The first kappa shape index (κ1) is 12.7. The first-order chi connectivity index (χ1) is 8.58. The lowest BCUT2D eigenvalue weighted by molar-refractivity contribution is 0.627. The third-order valence-corrected chi connectivity index (χ3v) is 2.99. The Hall–Kier alpha value is -1.80. The van der Waals surface area contributed by atoms with Crippen molar-refractivity contribution in [3.8, 4) is 0 Å². The van der Waals surface area contributed by atoms with Crippen molar-refractivity contribution in [3.05, 3.63) is 71.5 Å². The normalized spacial score (nSPS) is 10.2. The summed E-state index contributed by atoms with van der Waals surface area (Å²) in [6.07, 6.45) is 0. The van der Waals surface area contributed by atoms with Gasteiger partial charge in [0.05, 0.1) is 0 Å².